The predicted octanol–water partition coefficient (Wildman–Crippen LogP) is 5.90. The largest absolute Gasteiger partial charge is 0.489 e. The van der Waals surface area contributed by atoms with Crippen molar-refractivity contribution in [1.29, 1.82) is 0 Å². The number of ether oxygens (including phenoxy) is 2. The normalized spacial score (nSPS) is 15.4. The van der Waals surface area contributed by atoms with Crippen molar-refractivity contribution in [1.82, 2.24) is 15.0 Å². The third kappa shape index (κ3) is 6.83. The summed E-state index contributed by atoms with van der Waals surface area (Å²) in [5.41, 5.74) is 5.76. The first-order chi connectivity index (χ1) is 19.0. The van der Waals surface area contributed by atoms with Crippen molar-refractivity contribution in [2.45, 2.75) is 39.5 Å². The SMILES string of the molecule is Cc1cccc(C)c1OCCOc1c(Cl)cc(Cl)cc1/C=N\Nc1nc(N2CCCC2)nc(N2CCCC2)n1. The minimum absolute atomic E-state index is 0.301. The Morgan fingerprint density at radius 2 is 1.41 bits per heavy atom. The van der Waals surface area contributed by atoms with Crippen molar-refractivity contribution < 1.29 is 9.47 Å². The number of hydrogen-bond donors (Lipinski definition) is 1. The number of para-hydroxylation sites is 1. The van der Waals surface area contributed by atoms with Gasteiger partial charge in [-0.3, -0.25) is 0 Å². The number of aryl methyl sites for hydroxylation is 2. The molecule has 206 valence electrons. The molecule has 39 heavy (non-hydrogen) atoms. The van der Waals surface area contributed by atoms with Crippen molar-refractivity contribution in [3.63, 3.8) is 0 Å². The van der Waals surface area contributed by atoms with E-state index in [0.717, 1.165) is 68.7 Å². The number of nitrogens with one attached hydrogen (secondary N) is 1. The van der Waals surface area contributed by atoms with Crippen molar-refractivity contribution in [2.75, 3.05) is 54.6 Å². The lowest BCUT2D eigenvalue weighted by molar-refractivity contribution is 0.215. The summed E-state index contributed by atoms with van der Waals surface area (Å²) in [6.07, 6.45) is 6.16. The van der Waals surface area contributed by atoms with Crippen LogP contribution < -0.4 is 24.7 Å². The van der Waals surface area contributed by atoms with Crippen LogP contribution in [0.5, 0.6) is 11.5 Å². The average Bonchev–Trinajstić information content (AvgIpc) is 3.64. The number of nitrogens with zero attached hydrogens (tertiary/aromatic N) is 6. The van der Waals surface area contributed by atoms with E-state index < -0.39 is 0 Å². The van der Waals surface area contributed by atoms with Gasteiger partial charge in [0, 0.05) is 36.8 Å². The first kappa shape index (κ1) is 27.3. The van der Waals surface area contributed by atoms with Crippen molar-refractivity contribution in [3.8, 4) is 11.5 Å². The molecule has 3 aromatic rings. The molecule has 0 unspecified atom stereocenters. The maximum Gasteiger partial charge on any atom is 0.250 e. The van der Waals surface area contributed by atoms with Crippen LogP contribution in [0.1, 0.15) is 42.4 Å². The van der Waals surface area contributed by atoms with Gasteiger partial charge >= 0.3 is 0 Å². The van der Waals surface area contributed by atoms with Crippen LogP contribution in [-0.4, -0.2) is 60.6 Å². The number of aromatic nitrogens is 3. The van der Waals surface area contributed by atoms with E-state index in [1.807, 2.05) is 32.0 Å². The first-order valence-corrected chi connectivity index (χ1v) is 14.1. The van der Waals surface area contributed by atoms with Crippen LogP contribution in [0.2, 0.25) is 10.0 Å². The summed E-state index contributed by atoms with van der Waals surface area (Å²) in [5.74, 6) is 3.10. The van der Waals surface area contributed by atoms with Crippen molar-refractivity contribution in [3.05, 3.63) is 57.1 Å². The lowest BCUT2D eigenvalue weighted by atomic mass is 10.1. The summed E-state index contributed by atoms with van der Waals surface area (Å²) in [6.45, 7) is 8.49. The van der Waals surface area contributed by atoms with Gasteiger partial charge in [0.15, 0.2) is 0 Å². The third-order valence-electron chi connectivity index (χ3n) is 6.78. The molecular formula is C28H33Cl2N7O2. The van der Waals surface area contributed by atoms with Gasteiger partial charge in [0.1, 0.15) is 24.7 Å². The molecule has 0 amide bonds. The second-order valence-electron chi connectivity index (χ2n) is 9.74. The molecule has 1 N–H and O–H groups in total. The fourth-order valence-electron chi connectivity index (χ4n) is 4.82. The molecule has 0 radical (unpaired) electrons. The highest BCUT2D eigenvalue weighted by Crippen LogP contribution is 2.32. The molecule has 2 aliphatic heterocycles. The van der Waals surface area contributed by atoms with E-state index in [9.17, 15) is 0 Å². The van der Waals surface area contributed by atoms with E-state index in [0.29, 0.717) is 52.4 Å². The van der Waals surface area contributed by atoms with Crippen LogP contribution in [0.3, 0.4) is 0 Å². The summed E-state index contributed by atoms with van der Waals surface area (Å²) in [6, 6.07) is 9.45. The van der Waals surface area contributed by atoms with Gasteiger partial charge < -0.3 is 19.3 Å². The second kappa shape index (κ2) is 12.7. The zero-order chi connectivity index (χ0) is 27.2. The Bertz CT molecular complexity index is 1270. The highest BCUT2D eigenvalue weighted by Gasteiger charge is 2.21. The van der Waals surface area contributed by atoms with Crippen molar-refractivity contribution >= 4 is 47.3 Å². The lowest BCUT2D eigenvalue weighted by Crippen LogP contribution is -2.25. The first-order valence-electron chi connectivity index (χ1n) is 13.3. The number of halogens is 2. The Hall–Kier alpha value is -3.30. The zero-order valence-electron chi connectivity index (χ0n) is 22.3. The van der Waals surface area contributed by atoms with E-state index in [1.54, 1.807) is 18.3 Å². The molecule has 3 heterocycles. The summed E-state index contributed by atoms with van der Waals surface area (Å²) in [7, 11) is 0. The van der Waals surface area contributed by atoms with Crippen LogP contribution >= 0.6 is 23.2 Å². The summed E-state index contributed by atoms with van der Waals surface area (Å²) in [5, 5.41) is 5.27. The topological polar surface area (TPSA) is 88.0 Å². The van der Waals surface area contributed by atoms with E-state index in [2.05, 4.69) is 30.3 Å². The van der Waals surface area contributed by atoms with E-state index >= 15 is 0 Å². The Kier molecular flexibility index (Phi) is 8.88. The molecule has 11 heteroatoms. The smallest absolute Gasteiger partial charge is 0.250 e. The molecule has 5 rings (SSSR count). The minimum Gasteiger partial charge on any atom is -0.489 e. The Balaban J connectivity index is 1.29. The lowest BCUT2D eigenvalue weighted by Gasteiger charge is -2.20. The monoisotopic (exact) mass is 569 g/mol. The molecule has 0 atom stereocenters. The van der Waals surface area contributed by atoms with Gasteiger partial charge in [0.05, 0.1) is 11.2 Å². The van der Waals surface area contributed by atoms with E-state index in [-0.39, 0.29) is 0 Å². The van der Waals surface area contributed by atoms with Crippen LogP contribution in [0.15, 0.2) is 35.4 Å². The number of benzene rings is 2. The number of hydrogen-bond acceptors (Lipinski definition) is 9. The maximum absolute atomic E-state index is 6.49. The molecule has 9 nitrogen and oxygen atoms in total. The zero-order valence-corrected chi connectivity index (χ0v) is 23.8. The number of hydrazone groups is 1. The average molecular weight is 571 g/mol. The van der Waals surface area contributed by atoms with Gasteiger partial charge in [-0.05, 0) is 62.8 Å². The quantitative estimate of drug-likeness (QED) is 0.183. The van der Waals surface area contributed by atoms with Gasteiger partial charge in [0.25, 0.3) is 0 Å². The van der Waals surface area contributed by atoms with Crippen LogP contribution in [0.25, 0.3) is 0 Å². The highest BCUT2D eigenvalue weighted by atomic mass is 35.5. The van der Waals surface area contributed by atoms with Gasteiger partial charge in [0.2, 0.25) is 17.8 Å². The van der Waals surface area contributed by atoms with Crippen LogP contribution in [-0.2, 0) is 0 Å². The maximum atomic E-state index is 6.49. The predicted molar refractivity (Wildman–Crippen MR) is 157 cm³/mol. The van der Waals surface area contributed by atoms with Gasteiger partial charge in [-0.15, -0.1) is 0 Å². The van der Waals surface area contributed by atoms with E-state index in [1.165, 1.54) is 0 Å². The number of rotatable bonds is 10. The Morgan fingerprint density at radius 3 is 2.00 bits per heavy atom. The van der Waals surface area contributed by atoms with Gasteiger partial charge in [-0.2, -0.15) is 20.1 Å². The molecule has 2 fully saturated rings. The molecule has 2 aliphatic rings. The molecule has 1 aromatic heterocycles. The second-order valence-corrected chi connectivity index (χ2v) is 10.6. The molecule has 2 saturated heterocycles. The van der Waals surface area contributed by atoms with Gasteiger partial charge in [-0.1, -0.05) is 41.4 Å². The number of anilines is 3. The fourth-order valence-corrected chi connectivity index (χ4v) is 5.39. The standard InChI is InChI=1S/C28H33Cl2N7O2/c1-19-8-7-9-20(2)24(19)38-14-15-39-25-21(16-22(29)17-23(25)30)18-31-35-26-32-27(36-10-3-4-11-36)34-28(33-26)37-12-5-6-13-37/h7-9,16-18H,3-6,10-15H2,1-2H3,(H,32,33,34,35)/b31-18-. The molecule has 2 aromatic carbocycles. The molecule has 0 saturated carbocycles. The third-order valence-corrected chi connectivity index (χ3v) is 7.28. The van der Waals surface area contributed by atoms with Crippen molar-refractivity contribution in [2.24, 2.45) is 5.10 Å². The van der Waals surface area contributed by atoms with Crippen LogP contribution in [0.4, 0.5) is 17.8 Å². The summed E-state index contributed by atoms with van der Waals surface area (Å²) in [4.78, 5) is 18.4. The summed E-state index contributed by atoms with van der Waals surface area (Å²) >= 11 is 12.8. The Labute approximate surface area is 239 Å². The molecule has 0 bridgehead atoms. The van der Waals surface area contributed by atoms with Crippen LogP contribution in [0, 0.1) is 13.8 Å². The molecule has 0 spiro atoms. The van der Waals surface area contributed by atoms with Gasteiger partial charge in [-0.25, -0.2) is 5.43 Å². The minimum atomic E-state index is 0.301. The molecule has 0 aliphatic carbocycles. The molecular weight excluding hydrogens is 537 g/mol. The fraction of sp³-hybridized carbons (Fsp3) is 0.429. The highest BCUT2D eigenvalue weighted by molar-refractivity contribution is 6.36. The Morgan fingerprint density at radius 1 is 0.846 bits per heavy atom. The van der Waals surface area contributed by atoms with E-state index in [4.69, 9.17) is 37.7 Å². The summed E-state index contributed by atoms with van der Waals surface area (Å²) < 4.78 is 12.0.